The van der Waals surface area contributed by atoms with Crippen LogP contribution in [0.15, 0.2) is 53.4 Å². The Balaban J connectivity index is 1.98. The number of ether oxygens (including phenoxy) is 1. The van der Waals surface area contributed by atoms with Crippen molar-refractivity contribution in [2.24, 2.45) is 0 Å². The second-order valence-corrected chi connectivity index (χ2v) is 8.46. The zero-order chi connectivity index (χ0) is 17.9. The van der Waals surface area contributed by atoms with Gasteiger partial charge in [0.25, 0.3) is 0 Å². The minimum Gasteiger partial charge on any atom is -0.497 e. The Kier molecular flexibility index (Phi) is 5.45. The average Bonchev–Trinajstić information content (AvgIpc) is 2.89. The predicted molar refractivity (Wildman–Crippen MR) is 99.3 cm³/mol. The third-order valence-electron chi connectivity index (χ3n) is 4.83. The summed E-state index contributed by atoms with van der Waals surface area (Å²) in [5, 5.41) is 0. The van der Waals surface area contributed by atoms with Crippen LogP contribution in [-0.4, -0.2) is 26.4 Å². The van der Waals surface area contributed by atoms with Crippen molar-refractivity contribution in [1.29, 1.82) is 0 Å². The molecule has 0 aliphatic carbocycles. The van der Waals surface area contributed by atoms with Crippen LogP contribution >= 0.6 is 0 Å². The van der Waals surface area contributed by atoms with Crippen molar-refractivity contribution in [3.8, 4) is 5.75 Å². The van der Waals surface area contributed by atoms with E-state index in [2.05, 4.69) is 0 Å². The molecule has 3 rings (SSSR count). The van der Waals surface area contributed by atoms with Crippen LogP contribution in [0, 0.1) is 6.92 Å². The maximum atomic E-state index is 13.3. The normalized spacial score (nSPS) is 19.4. The smallest absolute Gasteiger partial charge is 0.243 e. The third kappa shape index (κ3) is 3.88. The fourth-order valence-corrected chi connectivity index (χ4v) is 5.06. The van der Waals surface area contributed by atoms with Crippen molar-refractivity contribution < 1.29 is 13.2 Å². The van der Waals surface area contributed by atoms with Gasteiger partial charge in [-0.15, -0.1) is 0 Å². The molecule has 0 spiro atoms. The van der Waals surface area contributed by atoms with Gasteiger partial charge in [0.2, 0.25) is 10.0 Å². The molecule has 0 unspecified atom stereocenters. The van der Waals surface area contributed by atoms with E-state index in [0.717, 1.165) is 42.6 Å². The van der Waals surface area contributed by atoms with Gasteiger partial charge in [0.15, 0.2) is 0 Å². The highest BCUT2D eigenvalue weighted by molar-refractivity contribution is 7.89. The van der Waals surface area contributed by atoms with Gasteiger partial charge in [-0.3, -0.25) is 0 Å². The number of hydrogen-bond donors (Lipinski definition) is 0. The number of sulfonamides is 1. The van der Waals surface area contributed by atoms with Crippen LogP contribution in [0.2, 0.25) is 0 Å². The lowest BCUT2D eigenvalue weighted by molar-refractivity contribution is 0.328. The summed E-state index contributed by atoms with van der Waals surface area (Å²) < 4.78 is 33.4. The van der Waals surface area contributed by atoms with Gasteiger partial charge in [0.05, 0.1) is 18.0 Å². The Labute approximate surface area is 150 Å². The number of methoxy groups -OCH3 is 1. The quantitative estimate of drug-likeness (QED) is 0.817. The van der Waals surface area contributed by atoms with Crippen LogP contribution in [-0.2, 0) is 10.0 Å². The first kappa shape index (κ1) is 18.0. The van der Waals surface area contributed by atoms with Crippen molar-refractivity contribution in [3.05, 3.63) is 59.7 Å². The fraction of sp³-hybridized carbons (Fsp3) is 0.400. The SMILES string of the molecule is COc1ccc([C@H]2CCCCCN2S(=O)(=O)c2ccc(C)cc2)cc1. The molecule has 0 bridgehead atoms. The van der Waals surface area contributed by atoms with Crippen molar-refractivity contribution in [3.63, 3.8) is 0 Å². The molecule has 134 valence electrons. The van der Waals surface area contributed by atoms with Crippen molar-refractivity contribution in [1.82, 2.24) is 4.31 Å². The molecule has 1 heterocycles. The zero-order valence-electron chi connectivity index (χ0n) is 14.8. The topological polar surface area (TPSA) is 46.6 Å². The summed E-state index contributed by atoms with van der Waals surface area (Å²) in [5.74, 6) is 0.783. The van der Waals surface area contributed by atoms with E-state index in [0.29, 0.717) is 11.4 Å². The molecule has 1 aliphatic rings. The van der Waals surface area contributed by atoms with E-state index in [9.17, 15) is 8.42 Å². The molecule has 1 aliphatic heterocycles. The highest BCUT2D eigenvalue weighted by Gasteiger charge is 2.33. The van der Waals surface area contributed by atoms with Crippen LogP contribution < -0.4 is 4.74 Å². The van der Waals surface area contributed by atoms with Gasteiger partial charge in [-0.25, -0.2) is 8.42 Å². The molecule has 1 saturated heterocycles. The Morgan fingerprint density at radius 3 is 2.28 bits per heavy atom. The Morgan fingerprint density at radius 1 is 0.960 bits per heavy atom. The third-order valence-corrected chi connectivity index (χ3v) is 6.75. The monoisotopic (exact) mass is 359 g/mol. The summed E-state index contributed by atoms with van der Waals surface area (Å²) in [5.41, 5.74) is 2.08. The number of aryl methyl sites for hydroxylation is 1. The van der Waals surface area contributed by atoms with Crippen molar-refractivity contribution in [2.75, 3.05) is 13.7 Å². The van der Waals surface area contributed by atoms with Gasteiger partial charge in [-0.2, -0.15) is 4.31 Å². The van der Waals surface area contributed by atoms with Gasteiger partial charge in [-0.05, 0) is 49.6 Å². The molecule has 2 aromatic carbocycles. The van der Waals surface area contributed by atoms with E-state index in [1.54, 1.807) is 23.5 Å². The molecule has 0 N–H and O–H groups in total. The van der Waals surface area contributed by atoms with Crippen LogP contribution in [0.1, 0.15) is 42.9 Å². The Bertz CT molecular complexity index is 798. The summed E-state index contributed by atoms with van der Waals surface area (Å²) >= 11 is 0. The maximum absolute atomic E-state index is 13.3. The first-order valence-electron chi connectivity index (χ1n) is 8.75. The number of nitrogens with zero attached hydrogens (tertiary/aromatic N) is 1. The number of benzene rings is 2. The fourth-order valence-electron chi connectivity index (χ4n) is 3.37. The summed E-state index contributed by atoms with van der Waals surface area (Å²) in [6.45, 7) is 2.52. The van der Waals surface area contributed by atoms with E-state index < -0.39 is 10.0 Å². The second-order valence-electron chi connectivity index (χ2n) is 6.57. The Hall–Kier alpha value is -1.85. The van der Waals surface area contributed by atoms with Crippen LogP contribution in [0.4, 0.5) is 0 Å². The highest BCUT2D eigenvalue weighted by Crippen LogP contribution is 2.35. The minimum absolute atomic E-state index is 0.125. The summed E-state index contributed by atoms with van der Waals surface area (Å²) in [7, 11) is -1.88. The van der Waals surface area contributed by atoms with Gasteiger partial charge >= 0.3 is 0 Å². The molecule has 0 amide bonds. The summed E-state index contributed by atoms with van der Waals surface area (Å²) in [6, 6.07) is 14.8. The van der Waals surface area contributed by atoms with Gasteiger partial charge in [0, 0.05) is 6.54 Å². The van der Waals surface area contributed by atoms with Gasteiger partial charge in [-0.1, -0.05) is 42.7 Å². The molecular weight excluding hydrogens is 334 g/mol. The number of rotatable bonds is 4. The summed E-state index contributed by atoms with van der Waals surface area (Å²) in [4.78, 5) is 0.374. The highest BCUT2D eigenvalue weighted by atomic mass is 32.2. The second kappa shape index (κ2) is 7.58. The van der Waals surface area contributed by atoms with E-state index in [-0.39, 0.29) is 6.04 Å². The van der Waals surface area contributed by atoms with Gasteiger partial charge < -0.3 is 4.74 Å². The predicted octanol–water partition coefficient (Wildman–Crippen LogP) is 4.31. The first-order valence-corrected chi connectivity index (χ1v) is 10.2. The molecule has 1 atom stereocenters. The Morgan fingerprint density at radius 2 is 1.64 bits per heavy atom. The van der Waals surface area contributed by atoms with E-state index in [1.807, 2.05) is 43.3 Å². The van der Waals surface area contributed by atoms with Crippen LogP contribution in [0.3, 0.4) is 0 Å². The lowest BCUT2D eigenvalue weighted by Gasteiger charge is -2.29. The molecule has 2 aromatic rings. The average molecular weight is 359 g/mol. The van der Waals surface area contributed by atoms with E-state index >= 15 is 0 Å². The van der Waals surface area contributed by atoms with Gasteiger partial charge in [0.1, 0.15) is 5.75 Å². The van der Waals surface area contributed by atoms with Crippen LogP contribution in [0.5, 0.6) is 5.75 Å². The minimum atomic E-state index is -3.51. The molecule has 0 aromatic heterocycles. The molecular formula is C20H25NO3S. The van der Waals surface area contributed by atoms with Crippen molar-refractivity contribution in [2.45, 2.75) is 43.5 Å². The largest absolute Gasteiger partial charge is 0.497 e. The standard InChI is InChI=1S/C20H25NO3S/c1-16-7-13-19(14-8-16)25(22,23)21-15-5-3-4-6-20(21)17-9-11-18(24-2)12-10-17/h7-14,20H,3-6,15H2,1-2H3/t20-/m1/s1. The number of hydrogen-bond acceptors (Lipinski definition) is 3. The molecule has 5 heteroatoms. The lowest BCUT2D eigenvalue weighted by Crippen LogP contribution is -2.34. The molecule has 4 nitrogen and oxygen atoms in total. The first-order chi connectivity index (χ1) is 12.0. The molecule has 0 saturated carbocycles. The molecule has 25 heavy (non-hydrogen) atoms. The molecule has 1 fully saturated rings. The molecule has 0 radical (unpaired) electrons. The van der Waals surface area contributed by atoms with E-state index in [1.165, 1.54) is 0 Å². The lowest BCUT2D eigenvalue weighted by atomic mass is 10.0. The van der Waals surface area contributed by atoms with Crippen LogP contribution in [0.25, 0.3) is 0 Å². The van der Waals surface area contributed by atoms with Crippen molar-refractivity contribution >= 4 is 10.0 Å². The van der Waals surface area contributed by atoms with E-state index in [4.69, 9.17) is 4.74 Å². The summed E-state index contributed by atoms with van der Waals surface area (Å²) in [6.07, 6.45) is 3.85. The zero-order valence-corrected chi connectivity index (χ0v) is 15.6. The maximum Gasteiger partial charge on any atom is 0.243 e.